The van der Waals surface area contributed by atoms with Gasteiger partial charge in [0.05, 0.1) is 6.20 Å². The number of fused-ring (bicyclic) bond motifs is 2. The fraction of sp³-hybridized carbons (Fsp3) is 0.588. The topological polar surface area (TPSA) is 25.4 Å². The lowest BCUT2D eigenvalue weighted by molar-refractivity contribution is 0.130. The van der Waals surface area contributed by atoms with Crippen LogP contribution in [0, 0.1) is 5.92 Å². The van der Waals surface area contributed by atoms with Crippen LogP contribution in [0.4, 0.5) is 0 Å². The second-order valence-corrected chi connectivity index (χ2v) is 6.94. The minimum Gasteiger partial charge on any atom is -0.487 e. The number of hydrogen-bond donors (Lipinski definition) is 0. The number of hydrogen-bond acceptors (Lipinski definition) is 3. The third kappa shape index (κ3) is 3.14. The summed E-state index contributed by atoms with van der Waals surface area (Å²) in [5.74, 6) is 1.78. The van der Waals surface area contributed by atoms with Crippen molar-refractivity contribution in [3.8, 4) is 5.75 Å². The summed E-state index contributed by atoms with van der Waals surface area (Å²) in [5, 5.41) is 0. The molecule has 1 unspecified atom stereocenters. The Morgan fingerprint density at radius 1 is 1.30 bits per heavy atom. The van der Waals surface area contributed by atoms with Gasteiger partial charge in [0.2, 0.25) is 0 Å². The first-order chi connectivity index (χ1) is 9.49. The van der Waals surface area contributed by atoms with E-state index in [0.717, 1.165) is 17.2 Å². The van der Waals surface area contributed by atoms with Gasteiger partial charge in [0.25, 0.3) is 0 Å². The molecule has 0 spiro atoms. The molecule has 2 saturated heterocycles. The number of nitrogens with zero attached hydrogens (tertiary/aromatic N) is 2. The summed E-state index contributed by atoms with van der Waals surface area (Å²) in [5.41, 5.74) is 2.43. The molecule has 2 fully saturated rings. The molecule has 0 amide bonds. The Labute approximate surface area is 121 Å². The Morgan fingerprint density at radius 3 is 2.95 bits per heavy atom. The molecule has 1 atom stereocenters. The predicted octanol–water partition coefficient (Wildman–Crippen LogP) is 3.72. The Morgan fingerprint density at radius 2 is 2.15 bits per heavy atom. The first-order valence-electron chi connectivity index (χ1n) is 7.59. The maximum Gasteiger partial charge on any atom is 0.138 e. The second kappa shape index (κ2) is 5.12. The van der Waals surface area contributed by atoms with Gasteiger partial charge in [-0.15, -0.1) is 0 Å². The summed E-state index contributed by atoms with van der Waals surface area (Å²) < 4.78 is 5.89. The highest BCUT2D eigenvalue weighted by Gasteiger charge is 2.28. The monoisotopic (exact) mass is 272 g/mol. The normalized spacial score (nSPS) is 24.2. The number of allylic oxidation sites excluding steroid dienone is 1. The summed E-state index contributed by atoms with van der Waals surface area (Å²) >= 11 is 0. The van der Waals surface area contributed by atoms with E-state index >= 15 is 0 Å². The van der Waals surface area contributed by atoms with E-state index in [4.69, 9.17) is 4.74 Å². The van der Waals surface area contributed by atoms with Crippen LogP contribution in [0.2, 0.25) is 0 Å². The average molecular weight is 272 g/mol. The highest BCUT2D eigenvalue weighted by atomic mass is 16.5. The minimum absolute atomic E-state index is 0.180. The fourth-order valence-corrected chi connectivity index (χ4v) is 3.12. The molecule has 3 nitrogen and oxygen atoms in total. The molecule has 1 aromatic rings. The van der Waals surface area contributed by atoms with Gasteiger partial charge in [0, 0.05) is 25.0 Å². The molecule has 20 heavy (non-hydrogen) atoms. The smallest absolute Gasteiger partial charge is 0.138 e. The molecule has 0 aromatic carbocycles. The molecule has 3 rings (SSSR count). The van der Waals surface area contributed by atoms with Crippen molar-refractivity contribution in [2.45, 2.75) is 45.6 Å². The summed E-state index contributed by atoms with van der Waals surface area (Å²) in [7, 11) is 0. The van der Waals surface area contributed by atoms with Gasteiger partial charge in [-0.3, -0.25) is 4.98 Å². The Bertz CT molecular complexity index is 516. The number of rotatable bonds is 2. The van der Waals surface area contributed by atoms with Crippen LogP contribution in [0.25, 0.3) is 6.08 Å². The molecule has 108 valence electrons. The van der Waals surface area contributed by atoms with Crippen molar-refractivity contribution < 1.29 is 4.74 Å². The third-order valence-electron chi connectivity index (χ3n) is 3.99. The van der Waals surface area contributed by atoms with Crippen LogP contribution in [0.1, 0.15) is 45.6 Å². The molecule has 0 saturated carbocycles. The largest absolute Gasteiger partial charge is 0.487 e. The van der Waals surface area contributed by atoms with Gasteiger partial charge in [-0.1, -0.05) is 0 Å². The molecular formula is C17H24N2O. The van der Waals surface area contributed by atoms with E-state index in [9.17, 15) is 0 Å². The van der Waals surface area contributed by atoms with E-state index < -0.39 is 0 Å². The minimum atomic E-state index is -0.180. The van der Waals surface area contributed by atoms with Crippen LogP contribution in [-0.4, -0.2) is 28.6 Å². The van der Waals surface area contributed by atoms with Gasteiger partial charge in [-0.25, -0.2) is 0 Å². The summed E-state index contributed by atoms with van der Waals surface area (Å²) in [6.45, 7) is 8.65. The summed E-state index contributed by atoms with van der Waals surface area (Å²) in [6, 6.07) is 2.09. The SMILES string of the molecule is CC(C)(C)Oc1cncc(/C=C2\CCC3CCN2C3)c1. The zero-order valence-electron chi connectivity index (χ0n) is 12.7. The molecular weight excluding hydrogens is 248 g/mol. The first-order valence-corrected chi connectivity index (χ1v) is 7.59. The van der Waals surface area contributed by atoms with Gasteiger partial charge in [-0.2, -0.15) is 0 Å². The molecule has 0 radical (unpaired) electrons. The zero-order valence-corrected chi connectivity index (χ0v) is 12.7. The fourth-order valence-electron chi connectivity index (χ4n) is 3.12. The molecule has 3 heteroatoms. The molecule has 2 bridgehead atoms. The van der Waals surface area contributed by atoms with Gasteiger partial charge < -0.3 is 9.64 Å². The van der Waals surface area contributed by atoms with E-state index in [2.05, 4.69) is 42.8 Å². The van der Waals surface area contributed by atoms with Crippen molar-refractivity contribution in [2.24, 2.45) is 5.92 Å². The van der Waals surface area contributed by atoms with Crippen LogP contribution in [0.3, 0.4) is 0 Å². The van der Waals surface area contributed by atoms with Crippen molar-refractivity contribution in [3.05, 3.63) is 29.7 Å². The molecule has 1 aromatic heterocycles. The second-order valence-electron chi connectivity index (χ2n) is 6.94. The van der Waals surface area contributed by atoms with E-state index in [1.54, 1.807) is 6.20 Å². The van der Waals surface area contributed by atoms with Crippen LogP contribution in [-0.2, 0) is 0 Å². The number of pyridine rings is 1. The van der Waals surface area contributed by atoms with Crippen molar-refractivity contribution in [3.63, 3.8) is 0 Å². The van der Waals surface area contributed by atoms with Gasteiger partial charge in [0.1, 0.15) is 11.4 Å². The quantitative estimate of drug-likeness (QED) is 0.820. The lowest BCUT2D eigenvalue weighted by atomic mass is 9.98. The molecule has 2 aliphatic rings. The number of aromatic nitrogens is 1. The van der Waals surface area contributed by atoms with E-state index in [1.165, 1.54) is 38.0 Å². The van der Waals surface area contributed by atoms with Gasteiger partial charge >= 0.3 is 0 Å². The lowest BCUT2D eigenvalue weighted by Gasteiger charge is -2.27. The van der Waals surface area contributed by atoms with Crippen molar-refractivity contribution in [1.29, 1.82) is 0 Å². The van der Waals surface area contributed by atoms with Crippen molar-refractivity contribution in [2.75, 3.05) is 13.1 Å². The van der Waals surface area contributed by atoms with Crippen LogP contribution in [0.5, 0.6) is 5.75 Å². The van der Waals surface area contributed by atoms with Crippen LogP contribution >= 0.6 is 0 Å². The van der Waals surface area contributed by atoms with Crippen molar-refractivity contribution >= 4 is 6.08 Å². The average Bonchev–Trinajstić information content (AvgIpc) is 2.74. The number of piperidine rings is 1. The van der Waals surface area contributed by atoms with Gasteiger partial charge in [0.15, 0.2) is 0 Å². The molecule has 0 aliphatic carbocycles. The lowest BCUT2D eigenvalue weighted by Crippen LogP contribution is -2.24. The molecule has 3 heterocycles. The molecule has 2 aliphatic heterocycles. The number of ether oxygens (including phenoxy) is 1. The third-order valence-corrected chi connectivity index (χ3v) is 3.99. The van der Waals surface area contributed by atoms with E-state index in [-0.39, 0.29) is 5.60 Å². The van der Waals surface area contributed by atoms with E-state index in [0.29, 0.717) is 0 Å². The summed E-state index contributed by atoms with van der Waals surface area (Å²) in [6.07, 6.45) is 9.90. The Balaban J connectivity index is 1.78. The maximum absolute atomic E-state index is 5.89. The van der Waals surface area contributed by atoms with Crippen molar-refractivity contribution in [1.82, 2.24) is 9.88 Å². The van der Waals surface area contributed by atoms with Crippen LogP contribution < -0.4 is 4.74 Å². The standard InChI is InChI=1S/C17H24N2O/c1-17(2,3)20-16-9-14(10-18-11-16)8-15-5-4-13-6-7-19(15)12-13/h8-11,13H,4-7,12H2,1-3H3/b15-8+. The van der Waals surface area contributed by atoms with Gasteiger partial charge in [-0.05, 0) is 63.7 Å². The first kappa shape index (κ1) is 13.5. The molecule has 0 N–H and O–H groups in total. The Hall–Kier alpha value is -1.51. The van der Waals surface area contributed by atoms with Crippen LogP contribution in [0.15, 0.2) is 24.2 Å². The summed E-state index contributed by atoms with van der Waals surface area (Å²) in [4.78, 5) is 6.84. The predicted molar refractivity (Wildman–Crippen MR) is 81.5 cm³/mol. The van der Waals surface area contributed by atoms with E-state index in [1.807, 2.05) is 6.20 Å². The highest BCUT2D eigenvalue weighted by Crippen LogP contribution is 2.34. The highest BCUT2D eigenvalue weighted by molar-refractivity contribution is 5.53. The Kier molecular flexibility index (Phi) is 3.45. The zero-order chi connectivity index (χ0) is 14.2. The maximum atomic E-state index is 5.89.